The minimum atomic E-state index is 0.0213. The topological polar surface area (TPSA) is 60.0 Å². The molecule has 0 fully saturated rings. The van der Waals surface area contributed by atoms with Crippen molar-refractivity contribution < 1.29 is 19.3 Å². The SMILES string of the molecule is COc1cc([C@H]2NCCc3cc(OC)c(OC)cc32)ccc1O. The molecule has 0 amide bonds. The van der Waals surface area contributed by atoms with Gasteiger partial charge in [-0.05, 0) is 47.4 Å². The minimum absolute atomic E-state index is 0.0213. The second kappa shape index (κ2) is 6.38. The van der Waals surface area contributed by atoms with Gasteiger partial charge in [-0.3, -0.25) is 0 Å². The van der Waals surface area contributed by atoms with E-state index in [1.807, 2.05) is 24.3 Å². The third-order valence-electron chi connectivity index (χ3n) is 4.24. The molecule has 0 aliphatic carbocycles. The normalized spacial score (nSPS) is 16.6. The van der Waals surface area contributed by atoms with Crippen LogP contribution in [0, 0.1) is 0 Å². The number of ether oxygens (including phenoxy) is 3. The van der Waals surface area contributed by atoms with Crippen molar-refractivity contribution >= 4 is 0 Å². The molecular formula is C18H21NO4. The Balaban J connectivity index is 2.07. The monoisotopic (exact) mass is 315 g/mol. The van der Waals surface area contributed by atoms with E-state index in [0.717, 1.165) is 29.8 Å². The van der Waals surface area contributed by atoms with E-state index in [-0.39, 0.29) is 11.8 Å². The van der Waals surface area contributed by atoms with Crippen molar-refractivity contribution in [3.8, 4) is 23.0 Å². The fraction of sp³-hybridized carbons (Fsp3) is 0.333. The molecule has 1 heterocycles. The van der Waals surface area contributed by atoms with Crippen LogP contribution in [0.3, 0.4) is 0 Å². The highest BCUT2D eigenvalue weighted by Gasteiger charge is 2.24. The van der Waals surface area contributed by atoms with Gasteiger partial charge in [0, 0.05) is 6.54 Å². The third kappa shape index (κ3) is 2.80. The Kier molecular flexibility index (Phi) is 4.30. The highest BCUT2D eigenvalue weighted by molar-refractivity contribution is 5.53. The smallest absolute Gasteiger partial charge is 0.161 e. The molecule has 3 rings (SSSR count). The lowest BCUT2D eigenvalue weighted by Gasteiger charge is -2.28. The number of phenols is 1. The van der Waals surface area contributed by atoms with E-state index in [1.54, 1.807) is 27.4 Å². The second-order valence-corrected chi connectivity index (χ2v) is 5.47. The Morgan fingerprint density at radius 1 is 0.957 bits per heavy atom. The molecule has 0 unspecified atom stereocenters. The van der Waals surface area contributed by atoms with Gasteiger partial charge in [-0.25, -0.2) is 0 Å². The van der Waals surface area contributed by atoms with Crippen LogP contribution in [0.2, 0.25) is 0 Å². The number of nitrogens with one attached hydrogen (secondary N) is 1. The number of phenolic OH excluding ortho intramolecular Hbond substituents is 1. The van der Waals surface area contributed by atoms with Crippen LogP contribution in [0.15, 0.2) is 30.3 Å². The van der Waals surface area contributed by atoms with Crippen molar-refractivity contribution in [2.45, 2.75) is 12.5 Å². The molecule has 23 heavy (non-hydrogen) atoms. The van der Waals surface area contributed by atoms with Crippen LogP contribution >= 0.6 is 0 Å². The number of benzene rings is 2. The summed E-state index contributed by atoms with van der Waals surface area (Å²) in [5.74, 6) is 2.07. The largest absolute Gasteiger partial charge is 0.504 e. The molecule has 122 valence electrons. The van der Waals surface area contributed by atoms with E-state index in [1.165, 1.54) is 5.56 Å². The van der Waals surface area contributed by atoms with E-state index < -0.39 is 0 Å². The van der Waals surface area contributed by atoms with Gasteiger partial charge in [-0.2, -0.15) is 0 Å². The Bertz CT molecular complexity index is 714. The predicted octanol–water partition coefficient (Wildman–Crippen LogP) is 2.65. The van der Waals surface area contributed by atoms with Crippen molar-refractivity contribution in [2.24, 2.45) is 0 Å². The summed E-state index contributed by atoms with van der Waals surface area (Å²) in [5.41, 5.74) is 3.42. The molecule has 1 atom stereocenters. The first-order valence-electron chi connectivity index (χ1n) is 7.53. The molecule has 1 aliphatic heterocycles. The first kappa shape index (κ1) is 15.5. The van der Waals surface area contributed by atoms with Crippen LogP contribution < -0.4 is 19.5 Å². The maximum atomic E-state index is 9.80. The predicted molar refractivity (Wildman–Crippen MR) is 87.8 cm³/mol. The molecule has 5 nitrogen and oxygen atoms in total. The number of hydrogen-bond acceptors (Lipinski definition) is 5. The summed E-state index contributed by atoms with van der Waals surface area (Å²) in [5, 5.41) is 13.3. The van der Waals surface area contributed by atoms with Crippen LogP contribution in [0.25, 0.3) is 0 Å². The highest BCUT2D eigenvalue weighted by atomic mass is 16.5. The van der Waals surface area contributed by atoms with Crippen LogP contribution in [-0.4, -0.2) is 33.0 Å². The summed E-state index contributed by atoms with van der Waals surface area (Å²) < 4.78 is 16.1. The van der Waals surface area contributed by atoms with Crippen molar-refractivity contribution in [3.63, 3.8) is 0 Å². The average molecular weight is 315 g/mol. The number of hydrogen-bond donors (Lipinski definition) is 2. The second-order valence-electron chi connectivity index (χ2n) is 5.47. The van der Waals surface area contributed by atoms with Crippen LogP contribution in [0.1, 0.15) is 22.7 Å². The molecular weight excluding hydrogens is 294 g/mol. The van der Waals surface area contributed by atoms with Gasteiger partial charge < -0.3 is 24.6 Å². The molecule has 2 N–H and O–H groups in total. The van der Waals surface area contributed by atoms with E-state index >= 15 is 0 Å². The number of aromatic hydroxyl groups is 1. The van der Waals surface area contributed by atoms with Crippen molar-refractivity contribution in [3.05, 3.63) is 47.0 Å². The molecule has 0 saturated heterocycles. The first-order chi connectivity index (χ1) is 11.2. The molecule has 0 aromatic heterocycles. The zero-order valence-electron chi connectivity index (χ0n) is 13.6. The molecule has 2 aromatic rings. The molecule has 1 aliphatic rings. The molecule has 5 heteroatoms. The van der Waals surface area contributed by atoms with Gasteiger partial charge in [0.15, 0.2) is 23.0 Å². The quantitative estimate of drug-likeness (QED) is 0.908. The van der Waals surface area contributed by atoms with Crippen LogP contribution in [0.4, 0.5) is 0 Å². The van der Waals surface area contributed by atoms with Gasteiger partial charge in [0.25, 0.3) is 0 Å². The summed E-state index contributed by atoms with van der Waals surface area (Å²) in [7, 11) is 4.84. The highest BCUT2D eigenvalue weighted by Crippen LogP contribution is 2.39. The fourth-order valence-electron chi connectivity index (χ4n) is 3.05. The summed E-state index contributed by atoms with van der Waals surface area (Å²) in [6.07, 6.45) is 0.932. The van der Waals surface area contributed by atoms with Crippen molar-refractivity contribution in [2.75, 3.05) is 27.9 Å². The lowest BCUT2D eigenvalue weighted by molar-refractivity contribution is 0.352. The molecule has 0 bridgehead atoms. The maximum absolute atomic E-state index is 9.80. The molecule has 0 saturated carbocycles. The first-order valence-corrected chi connectivity index (χ1v) is 7.53. The third-order valence-corrected chi connectivity index (χ3v) is 4.24. The standard InChI is InChI=1S/C18H21NO4/c1-21-15-9-12(4-5-14(15)20)18-13-10-17(23-3)16(22-2)8-11(13)6-7-19-18/h4-5,8-10,18-20H,6-7H2,1-3H3/t18-/m1/s1. The minimum Gasteiger partial charge on any atom is -0.504 e. The lowest BCUT2D eigenvalue weighted by atomic mass is 9.89. The van der Waals surface area contributed by atoms with E-state index in [9.17, 15) is 5.11 Å². The van der Waals surface area contributed by atoms with Crippen molar-refractivity contribution in [1.29, 1.82) is 0 Å². The van der Waals surface area contributed by atoms with E-state index in [2.05, 4.69) is 5.32 Å². The Labute approximate surface area is 135 Å². The molecule has 0 spiro atoms. The zero-order chi connectivity index (χ0) is 16.4. The summed E-state index contributed by atoms with van der Waals surface area (Å²) in [6, 6.07) is 9.50. The van der Waals surface area contributed by atoms with E-state index in [4.69, 9.17) is 14.2 Å². The van der Waals surface area contributed by atoms with Crippen LogP contribution in [-0.2, 0) is 6.42 Å². The number of methoxy groups -OCH3 is 3. The maximum Gasteiger partial charge on any atom is 0.161 e. The van der Waals surface area contributed by atoms with E-state index in [0.29, 0.717) is 11.5 Å². The molecule has 0 radical (unpaired) electrons. The van der Waals surface area contributed by atoms with Crippen LogP contribution in [0.5, 0.6) is 23.0 Å². The van der Waals surface area contributed by atoms with Gasteiger partial charge in [-0.1, -0.05) is 6.07 Å². The van der Waals surface area contributed by atoms with Gasteiger partial charge in [-0.15, -0.1) is 0 Å². The summed E-state index contributed by atoms with van der Waals surface area (Å²) >= 11 is 0. The zero-order valence-corrected chi connectivity index (χ0v) is 13.6. The number of rotatable bonds is 4. The number of fused-ring (bicyclic) bond motifs is 1. The fourth-order valence-corrected chi connectivity index (χ4v) is 3.05. The summed E-state index contributed by atoms with van der Waals surface area (Å²) in [4.78, 5) is 0. The Morgan fingerprint density at radius 2 is 1.65 bits per heavy atom. The van der Waals surface area contributed by atoms with Crippen molar-refractivity contribution in [1.82, 2.24) is 5.32 Å². The average Bonchev–Trinajstić information content (AvgIpc) is 2.60. The van der Waals surface area contributed by atoms with Gasteiger partial charge in [0.2, 0.25) is 0 Å². The van der Waals surface area contributed by atoms with Gasteiger partial charge >= 0.3 is 0 Å². The Morgan fingerprint density at radius 3 is 2.35 bits per heavy atom. The molecule has 2 aromatic carbocycles. The van der Waals surface area contributed by atoms with Gasteiger partial charge in [0.1, 0.15) is 0 Å². The lowest BCUT2D eigenvalue weighted by Crippen LogP contribution is -2.30. The summed E-state index contributed by atoms with van der Waals surface area (Å²) in [6.45, 7) is 0.871. The van der Waals surface area contributed by atoms with Gasteiger partial charge in [0.05, 0.1) is 27.4 Å². The Hall–Kier alpha value is -2.40.